The number of rotatable bonds is 7. The molecule has 2 aromatic rings. The van der Waals surface area contributed by atoms with Gasteiger partial charge in [-0.3, -0.25) is 4.79 Å². The van der Waals surface area contributed by atoms with Gasteiger partial charge in [0, 0.05) is 30.6 Å². The highest BCUT2D eigenvalue weighted by Gasteiger charge is 2.16. The fourth-order valence-corrected chi connectivity index (χ4v) is 2.45. The second-order valence-corrected chi connectivity index (χ2v) is 5.73. The van der Waals surface area contributed by atoms with Crippen LogP contribution in [0.4, 0.5) is 0 Å². The van der Waals surface area contributed by atoms with Crippen molar-refractivity contribution in [2.45, 2.75) is 32.7 Å². The molecule has 114 valence electrons. The van der Waals surface area contributed by atoms with E-state index in [2.05, 4.69) is 30.2 Å². The van der Waals surface area contributed by atoms with Crippen LogP contribution in [0.3, 0.4) is 0 Å². The molecule has 0 saturated heterocycles. The Bertz CT molecular complexity index is 589. The molecule has 2 N–H and O–H groups in total. The maximum absolute atomic E-state index is 12.1. The summed E-state index contributed by atoms with van der Waals surface area (Å²) in [6, 6.07) is 8.23. The lowest BCUT2D eigenvalue weighted by atomic mass is 10.0. The molecule has 1 aromatic carbocycles. The molecule has 0 spiro atoms. The third kappa shape index (κ3) is 4.08. The summed E-state index contributed by atoms with van der Waals surface area (Å²) < 4.78 is 5.15. The molecule has 1 aromatic heterocycles. The van der Waals surface area contributed by atoms with Crippen LogP contribution in [0, 0.1) is 5.92 Å². The zero-order valence-corrected chi connectivity index (χ0v) is 13.0. The van der Waals surface area contributed by atoms with Crippen LogP contribution in [-0.4, -0.2) is 30.6 Å². The van der Waals surface area contributed by atoms with Crippen molar-refractivity contribution in [3.8, 4) is 0 Å². The second kappa shape index (κ2) is 7.27. The van der Waals surface area contributed by atoms with Crippen molar-refractivity contribution in [1.82, 2.24) is 10.3 Å². The third-order valence-corrected chi connectivity index (χ3v) is 3.79. The molecule has 0 saturated carbocycles. The van der Waals surface area contributed by atoms with E-state index < -0.39 is 0 Å². The number of ether oxygens (including phenoxy) is 1. The van der Waals surface area contributed by atoms with Crippen LogP contribution in [-0.2, 0) is 16.0 Å². The van der Waals surface area contributed by atoms with E-state index in [0.29, 0.717) is 18.9 Å². The summed E-state index contributed by atoms with van der Waals surface area (Å²) in [6.45, 7) is 4.73. The molecule has 21 heavy (non-hydrogen) atoms. The standard InChI is InChI=1S/C17H24N2O2/c1-12(2)16(11-21-3)19-17(20)9-8-13-10-18-15-7-5-4-6-14(13)15/h4-7,10,12,16,18H,8-9,11H2,1-3H3,(H,19,20). The zero-order chi connectivity index (χ0) is 15.2. The van der Waals surface area contributed by atoms with Crippen molar-refractivity contribution in [3.63, 3.8) is 0 Å². The first-order valence-corrected chi connectivity index (χ1v) is 7.45. The first-order valence-electron chi connectivity index (χ1n) is 7.45. The Morgan fingerprint density at radius 3 is 2.81 bits per heavy atom. The van der Waals surface area contributed by atoms with Gasteiger partial charge in [0.15, 0.2) is 0 Å². The smallest absolute Gasteiger partial charge is 0.220 e. The molecule has 0 aliphatic carbocycles. The van der Waals surface area contributed by atoms with E-state index in [1.54, 1.807) is 7.11 Å². The summed E-state index contributed by atoms with van der Waals surface area (Å²) >= 11 is 0. The molecule has 1 unspecified atom stereocenters. The predicted octanol–water partition coefficient (Wildman–Crippen LogP) is 2.89. The summed E-state index contributed by atoms with van der Waals surface area (Å²) in [7, 11) is 1.66. The molecular weight excluding hydrogens is 264 g/mol. The summed E-state index contributed by atoms with van der Waals surface area (Å²) in [4.78, 5) is 15.3. The largest absolute Gasteiger partial charge is 0.383 e. The van der Waals surface area contributed by atoms with Crippen molar-refractivity contribution in [3.05, 3.63) is 36.0 Å². The Balaban J connectivity index is 1.91. The number of fused-ring (bicyclic) bond motifs is 1. The molecule has 0 aliphatic heterocycles. The molecular formula is C17H24N2O2. The van der Waals surface area contributed by atoms with Crippen LogP contribution in [0.5, 0.6) is 0 Å². The molecule has 0 aliphatic rings. The van der Waals surface area contributed by atoms with E-state index >= 15 is 0 Å². The minimum Gasteiger partial charge on any atom is -0.383 e. The first-order chi connectivity index (χ1) is 10.1. The van der Waals surface area contributed by atoms with Crippen LogP contribution in [0.25, 0.3) is 10.9 Å². The van der Waals surface area contributed by atoms with Crippen molar-refractivity contribution in [2.24, 2.45) is 5.92 Å². The van der Waals surface area contributed by atoms with Crippen molar-refractivity contribution in [1.29, 1.82) is 0 Å². The highest BCUT2D eigenvalue weighted by atomic mass is 16.5. The van der Waals surface area contributed by atoms with Crippen molar-refractivity contribution in [2.75, 3.05) is 13.7 Å². The van der Waals surface area contributed by atoms with E-state index in [-0.39, 0.29) is 11.9 Å². The summed E-state index contributed by atoms with van der Waals surface area (Å²) in [6.07, 6.45) is 3.23. The average Bonchev–Trinajstić information content (AvgIpc) is 2.88. The van der Waals surface area contributed by atoms with Gasteiger partial charge in [0.05, 0.1) is 12.6 Å². The number of hydrogen-bond donors (Lipinski definition) is 2. The number of aromatic amines is 1. The number of hydrogen-bond acceptors (Lipinski definition) is 2. The van der Waals surface area contributed by atoms with Gasteiger partial charge >= 0.3 is 0 Å². The quantitative estimate of drug-likeness (QED) is 0.823. The number of carbonyl (C=O) groups is 1. The van der Waals surface area contributed by atoms with Crippen LogP contribution in [0.2, 0.25) is 0 Å². The lowest BCUT2D eigenvalue weighted by molar-refractivity contribution is -0.122. The lowest BCUT2D eigenvalue weighted by Gasteiger charge is -2.21. The Kier molecular flexibility index (Phi) is 5.39. The Morgan fingerprint density at radius 1 is 1.33 bits per heavy atom. The van der Waals surface area contributed by atoms with Gasteiger partial charge in [-0.15, -0.1) is 0 Å². The van der Waals surface area contributed by atoms with Crippen LogP contribution >= 0.6 is 0 Å². The summed E-state index contributed by atoms with van der Waals surface area (Å²) in [5.74, 6) is 0.443. The van der Waals surface area contributed by atoms with Crippen molar-refractivity contribution >= 4 is 16.8 Å². The van der Waals surface area contributed by atoms with E-state index in [1.807, 2.05) is 24.4 Å². The monoisotopic (exact) mass is 288 g/mol. The van der Waals surface area contributed by atoms with E-state index in [0.717, 1.165) is 11.9 Å². The number of amides is 1. The average molecular weight is 288 g/mol. The fourth-order valence-electron chi connectivity index (χ4n) is 2.45. The van der Waals surface area contributed by atoms with Crippen LogP contribution in [0.1, 0.15) is 25.8 Å². The number of para-hydroxylation sites is 1. The number of aromatic nitrogens is 1. The highest BCUT2D eigenvalue weighted by molar-refractivity contribution is 5.84. The second-order valence-electron chi connectivity index (χ2n) is 5.73. The number of aryl methyl sites for hydroxylation is 1. The van der Waals surface area contributed by atoms with E-state index in [9.17, 15) is 4.79 Å². The summed E-state index contributed by atoms with van der Waals surface area (Å²) in [5, 5.41) is 4.25. The minimum atomic E-state index is 0.0745. The molecule has 0 fully saturated rings. The molecule has 1 atom stereocenters. The number of methoxy groups -OCH3 is 1. The molecule has 0 radical (unpaired) electrons. The molecule has 1 heterocycles. The van der Waals surface area contributed by atoms with Gasteiger partial charge in [0.2, 0.25) is 5.91 Å². The molecule has 4 nitrogen and oxygen atoms in total. The van der Waals surface area contributed by atoms with Gasteiger partial charge in [-0.25, -0.2) is 0 Å². The Hall–Kier alpha value is -1.81. The minimum absolute atomic E-state index is 0.0745. The fraction of sp³-hybridized carbons (Fsp3) is 0.471. The predicted molar refractivity (Wildman–Crippen MR) is 85.3 cm³/mol. The van der Waals surface area contributed by atoms with E-state index in [4.69, 9.17) is 4.74 Å². The molecule has 0 bridgehead atoms. The van der Waals surface area contributed by atoms with Gasteiger partial charge in [-0.05, 0) is 24.0 Å². The number of benzene rings is 1. The molecule has 4 heteroatoms. The van der Waals surface area contributed by atoms with Gasteiger partial charge in [0.1, 0.15) is 0 Å². The number of nitrogens with one attached hydrogen (secondary N) is 2. The van der Waals surface area contributed by atoms with Gasteiger partial charge in [-0.1, -0.05) is 32.0 Å². The zero-order valence-electron chi connectivity index (χ0n) is 13.0. The maximum atomic E-state index is 12.1. The number of carbonyl (C=O) groups excluding carboxylic acids is 1. The van der Waals surface area contributed by atoms with Gasteiger partial charge in [0.25, 0.3) is 0 Å². The van der Waals surface area contributed by atoms with Gasteiger partial charge < -0.3 is 15.0 Å². The van der Waals surface area contributed by atoms with Crippen molar-refractivity contribution < 1.29 is 9.53 Å². The first kappa shape index (κ1) is 15.6. The van der Waals surface area contributed by atoms with E-state index in [1.165, 1.54) is 10.9 Å². The SMILES string of the molecule is COCC(NC(=O)CCc1c[nH]c2ccccc12)C(C)C. The molecule has 1 amide bonds. The molecule has 2 rings (SSSR count). The van der Waals surface area contributed by atoms with Crippen LogP contribution < -0.4 is 5.32 Å². The maximum Gasteiger partial charge on any atom is 0.220 e. The topological polar surface area (TPSA) is 54.1 Å². The Morgan fingerprint density at radius 2 is 2.10 bits per heavy atom. The highest BCUT2D eigenvalue weighted by Crippen LogP contribution is 2.18. The number of H-pyrrole nitrogens is 1. The Labute approximate surface area is 125 Å². The van der Waals surface area contributed by atoms with Gasteiger partial charge in [-0.2, -0.15) is 0 Å². The normalized spacial score (nSPS) is 12.8. The van der Waals surface area contributed by atoms with Crippen LogP contribution in [0.15, 0.2) is 30.5 Å². The summed E-state index contributed by atoms with van der Waals surface area (Å²) in [5.41, 5.74) is 2.31. The lowest BCUT2D eigenvalue weighted by Crippen LogP contribution is -2.41. The third-order valence-electron chi connectivity index (χ3n) is 3.79.